The Hall–Kier alpha value is -3.19. The van der Waals surface area contributed by atoms with Gasteiger partial charge in [-0.15, -0.1) is 0 Å². The van der Waals surface area contributed by atoms with Gasteiger partial charge in [0.15, 0.2) is 5.58 Å². The number of sulfonamides is 1. The van der Waals surface area contributed by atoms with E-state index in [1.54, 1.807) is 24.3 Å². The van der Waals surface area contributed by atoms with Crippen LogP contribution >= 0.6 is 0 Å². The fourth-order valence-corrected chi connectivity index (χ4v) is 4.35. The van der Waals surface area contributed by atoms with Crippen LogP contribution in [-0.4, -0.2) is 44.0 Å². The molecule has 8 nitrogen and oxygen atoms in total. The van der Waals surface area contributed by atoms with E-state index in [2.05, 4.69) is 16.4 Å². The summed E-state index contributed by atoms with van der Waals surface area (Å²) < 4.78 is 37.5. The van der Waals surface area contributed by atoms with Crippen molar-refractivity contribution in [1.82, 2.24) is 9.29 Å². The average Bonchev–Trinajstić information content (AvgIpc) is 3.19. The summed E-state index contributed by atoms with van der Waals surface area (Å²) in [6.07, 6.45) is 1.48. The van der Waals surface area contributed by atoms with Crippen LogP contribution in [0.2, 0.25) is 0 Å². The Kier molecular flexibility index (Phi) is 5.31. The molecule has 1 aromatic heterocycles. The average molecular weight is 410 g/mol. The van der Waals surface area contributed by atoms with Gasteiger partial charge in [-0.25, -0.2) is 13.4 Å². The van der Waals surface area contributed by atoms with Crippen molar-refractivity contribution in [2.45, 2.75) is 4.90 Å². The summed E-state index contributed by atoms with van der Waals surface area (Å²) in [7, 11) is -3.54. The molecule has 1 aliphatic rings. The number of nitrogens with one attached hydrogen (secondary N) is 1. The lowest BCUT2D eigenvalue weighted by molar-refractivity contribution is 0.0730. The number of para-hydroxylation sites is 2. The Morgan fingerprint density at radius 3 is 2.55 bits per heavy atom. The summed E-state index contributed by atoms with van der Waals surface area (Å²) in [6.45, 7) is 1.50. The number of hydrogen-bond acceptors (Lipinski definition) is 7. The number of allylic oxidation sites excluding steroid dienone is 1. The molecule has 3 aromatic rings. The molecule has 0 bridgehead atoms. The van der Waals surface area contributed by atoms with Crippen molar-refractivity contribution in [2.75, 3.05) is 31.6 Å². The van der Waals surface area contributed by atoms with Gasteiger partial charge in [-0.3, -0.25) is 0 Å². The van der Waals surface area contributed by atoms with Crippen molar-refractivity contribution in [2.24, 2.45) is 0 Å². The van der Waals surface area contributed by atoms with Crippen LogP contribution in [0.3, 0.4) is 0 Å². The van der Waals surface area contributed by atoms with E-state index >= 15 is 0 Å². The van der Waals surface area contributed by atoms with Crippen LogP contribution in [-0.2, 0) is 14.8 Å². The molecule has 0 unspecified atom stereocenters. The maximum Gasteiger partial charge on any atom is 0.243 e. The SMILES string of the molecule is N#C/C(=C/Nc1ccc(S(=O)(=O)N2CCOCC2)cc1)c1nc2ccccc2o1. The number of fused-ring (bicyclic) bond motifs is 1. The van der Waals surface area contributed by atoms with E-state index in [0.29, 0.717) is 43.1 Å². The lowest BCUT2D eigenvalue weighted by Crippen LogP contribution is -2.40. The number of aromatic nitrogens is 1. The van der Waals surface area contributed by atoms with E-state index in [0.717, 1.165) is 0 Å². The molecule has 0 atom stereocenters. The third kappa shape index (κ3) is 4.00. The zero-order valence-electron chi connectivity index (χ0n) is 15.4. The van der Waals surface area contributed by atoms with Gasteiger partial charge in [0.05, 0.1) is 18.1 Å². The van der Waals surface area contributed by atoms with E-state index in [1.807, 2.05) is 12.1 Å². The minimum Gasteiger partial charge on any atom is -0.435 e. The topological polar surface area (TPSA) is 108 Å². The van der Waals surface area contributed by atoms with Crippen molar-refractivity contribution >= 4 is 32.4 Å². The predicted molar refractivity (Wildman–Crippen MR) is 107 cm³/mol. The molecule has 0 aliphatic carbocycles. The maximum atomic E-state index is 12.7. The second-order valence-electron chi connectivity index (χ2n) is 6.34. The van der Waals surface area contributed by atoms with Crippen LogP contribution in [0, 0.1) is 11.3 Å². The molecule has 0 saturated carbocycles. The first-order valence-corrected chi connectivity index (χ1v) is 10.4. The summed E-state index contributed by atoms with van der Waals surface area (Å²) in [4.78, 5) is 4.52. The van der Waals surface area contributed by atoms with Gasteiger partial charge >= 0.3 is 0 Å². The van der Waals surface area contributed by atoms with Gasteiger partial charge < -0.3 is 14.5 Å². The quantitative estimate of drug-likeness (QED) is 0.644. The molecule has 9 heteroatoms. The van der Waals surface area contributed by atoms with Gasteiger partial charge in [-0.1, -0.05) is 12.1 Å². The molecule has 1 aliphatic heterocycles. The second-order valence-corrected chi connectivity index (χ2v) is 8.28. The molecule has 29 heavy (non-hydrogen) atoms. The second kappa shape index (κ2) is 8.05. The number of morpholine rings is 1. The monoisotopic (exact) mass is 410 g/mol. The first kappa shape index (κ1) is 19.1. The summed E-state index contributed by atoms with van der Waals surface area (Å²) >= 11 is 0. The van der Waals surface area contributed by atoms with Gasteiger partial charge in [0, 0.05) is 25.0 Å². The molecule has 0 amide bonds. The molecule has 1 fully saturated rings. The third-order valence-corrected chi connectivity index (χ3v) is 6.40. The molecule has 0 radical (unpaired) electrons. The first-order chi connectivity index (χ1) is 14.1. The lowest BCUT2D eigenvalue weighted by Gasteiger charge is -2.26. The summed E-state index contributed by atoms with van der Waals surface area (Å²) in [5, 5.41) is 12.4. The van der Waals surface area contributed by atoms with Gasteiger partial charge in [-0.05, 0) is 36.4 Å². The Morgan fingerprint density at radius 2 is 1.86 bits per heavy atom. The number of anilines is 1. The normalized spacial score (nSPS) is 15.9. The first-order valence-electron chi connectivity index (χ1n) is 8.98. The number of nitriles is 1. The molecular formula is C20H18N4O4S. The molecule has 2 aromatic carbocycles. The Balaban J connectivity index is 1.51. The number of hydrogen-bond donors (Lipinski definition) is 1. The van der Waals surface area contributed by atoms with Gasteiger partial charge in [0.2, 0.25) is 15.9 Å². The molecule has 1 saturated heterocycles. The van der Waals surface area contributed by atoms with E-state index in [4.69, 9.17) is 9.15 Å². The number of benzene rings is 2. The third-order valence-electron chi connectivity index (χ3n) is 4.49. The fourth-order valence-electron chi connectivity index (χ4n) is 2.94. The predicted octanol–water partition coefficient (Wildman–Crippen LogP) is 2.83. The van der Waals surface area contributed by atoms with Gasteiger partial charge in [-0.2, -0.15) is 9.57 Å². The van der Waals surface area contributed by atoms with Crippen LogP contribution in [0.4, 0.5) is 5.69 Å². The van der Waals surface area contributed by atoms with E-state index in [-0.39, 0.29) is 16.4 Å². The van der Waals surface area contributed by atoms with Crippen LogP contribution < -0.4 is 5.32 Å². The smallest absolute Gasteiger partial charge is 0.243 e. The molecule has 4 rings (SSSR count). The lowest BCUT2D eigenvalue weighted by atomic mass is 10.3. The van der Waals surface area contributed by atoms with Gasteiger partial charge in [0.1, 0.15) is 17.2 Å². The number of oxazole rings is 1. The van der Waals surface area contributed by atoms with Crippen LogP contribution in [0.1, 0.15) is 5.89 Å². The zero-order chi connectivity index (χ0) is 20.3. The van der Waals surface area contributed by atoms with E-state index in [9.17, 15) is 13.7 Å². The Bertz CT molecular complexity index is 1150. The molecule has 2 heterocycles. The van der Waals surface area contributed by atoms with Crippen LogP contribution in [0.25, 0.3) is 16.7 Å². The highest BCUT2D eigenvalue weighted by Crippen LogP contribution is 2.22. The maximum absolute atomic E-state index is 12.7. The van der Waals surface area contributed by atoms with E-state index < -0.39 is 10.0 Å². The summed E-state index contributed by atoms with van der Waals surface area (Å²) in [5.41, 5.74) is 2.13. The number of ether oxygens (including phenoxy) is 1. The van der Waals surface area contributed by atoms with Crippen LogP contribution in [0.5, 0.6) is 0 Å². The van der Waals surface area contributed by atoms with E-state index in [1.165, 1.54) is 22.6 Å². The number of nitrogens with zero attached hydrogens (tertiary/aromatic N) is 3. The molecule has 0 spiro atoms. The Labute approximate surface area is 168 Å². The highest BCUT2D eigenvalue weighted by molar-refractivity contribution is 7.89. The highest BCUT2D eigenvalue weighted by Gasteiger charge is 2.26. The fraction of sp³-hybridized carbons (Fsp3) is 0.200. The Morgan fingerprint density at radius 1 is 1.14 bits per heavy atom. The standard InChI is InChI=1S/C20H18N4O4S/c21-13-15(20-23-18-3-1-2-4-19(18)28-20)14-22-16-5-7-17(8-6-16)29(25,26)24-9-11-27-12-10-24/h1-8,14,22H,9-12H2/b15-14-. The summed E-state index contributed by atoms with van der Waals surface area (Å²) in [5.74, 6) is 0.215. The van der Waals surface area contributed by atoms with Crippen LogP contribution in [0.15, 0.2) is 64.0 Å². The van der Waals surface area contributed by atoms with Crippen molar-refractivity contribution in [3.05, 3.63) is 60.6 Å². The minimum absolute atomic E-state index is 0.215. The van der Waals surface area contributed by atoms with Gasteiger partial charge in [0.25, 0.3) is 0 Å². The highest BCUT2D eigenvalue weighted by atomic mass is 32.2. The van der Waals surface area contributed by atoms with Crippen molar-refractivity contribution < 1.29 is 17.6 Å². The van der Waals surface area contributed by atoms with Crippen molar-refractivity contribution in [3.8, 4) is 6.07 Å². The van der Waals surface area contributed by atoms with Crippen molar-refractivity contribution in [1.29, 1.82) is 5.26 Å². The molecular weight excluding hydrogens is 392 g/mol. The molecule has 1 N–H and O–H groups in total. The molecule has 148 valence electrons. The van der Waals surface area contributed by atoms with Crippen molar-refractivity contribution in [3.63, 3.8) is 0 Å². The summed E-state index contributed by atoms with van der Waals surface area (Å²) in [6, 6.07) is 15.7. The largest absolute Gasteiger partial charge is 0.435 e. The number of rotatable bonds is 5. The zero-order valence-corrected chi connectivity index (χ0v) is 16.2. The minimum atomic E-state index is -3.54.